The summed E-state index contributed by atoms with van der Waals surface area (Å²) in [7, 11) is 1.88. The van der Waals surface area contributed by atoms with Gasteiger partial charge in [-0.15, -0.1) is 0 Å². The van der Waals surface area contributed by atoms with Crippen molar-refractivity contribution in [3.8, 4) is 0 Å². The van der Waals surface area contributed by atoms with E-state index in [9.17, 15) is 4.79 Å². The second-order valence-corrected chi connectivity index (χ2v) is 6.92. The first-order valence-corrected chi connectivity index (χ1v) is 8.58. The molecular formula is C17H18ClN5O2. The Labute approximate surface area is 149 Å². The van der Waals surface area contributed by atoms with Crippen molar-refractivity contribution in [2.75, 3.05) is 7.05 Å². The van der Waals surface area contributed by atoms with Crippen LogP contribution in [0.1, 0.15) is 41.6 Å². The van der Waals surface area contributed by atoms with Gasteiger partial charge in [0, 0.05) is 18.7 Å². The molecule has 1 aliphatic rings. The van der Waals surface area contributed by atoms with E-state index in [1.165, 1.54) is 4.40 Å². The molecule has 0 aromatic carbocycles. The molecule has 8 heteroatoms. The summed E-state index contributed by atoms with van der Waals surface area (Å²) in [5.41, 5.74) is 1.78. The minimum atomic E-state index is -0.158. The van der Waals surface area contributed by atoms with Gasteiger partial charge in [0.15, 0.2) is 5.82 Å². The fourth-order valence-electron chi connectivity index (χ4n) is 2.84. The lowest BCUT2D eigenvalue weighted by Crippen LogP contribution is -2.27. The van der Waals surface area contributed by atoms with Crippen molar-refractivity contribution in [2.24, 2.45) is 0 Å². The van der Waals surface area contributed by atoms with E-state index in [0.717, 1.165) is 24.2 Å². The van der Waals surface area contributed by atoms with E-state index in [2.05, 4.69) is 15.1 Å². The van der Waals surface area contributed by atoms with Crippen LogP contribution in [0.4, 0.5) is 0 Å². The van der Waals surface area contributed by atoms with Gasteiger partial charge in [-0.3, -0.25) is 14.1 Å². The molecule has 0 saturated heterocycles. The average molecular weight is 360 g/mol. The Bertz CT molecular complexity index is 992. The smallest absolute Gasteiger partial charge is 0.263 e. The highest BCUT2D eigenvalue weighted by Crippen LogP contribution is 2.38. The summed E-state index contributed by atoms with van der Waals surface area (Å²) in [6.07, 6.45) is 3.96. The Hall–Kier alpha value is -2.25. The molecule has 130 valence electrons. The van der Waals surface area contributed by atoms with Crippen molar-refractivity contribution in [3.05, 3.63) is 56.7 Å². The molecule has 0 bridgehead atoms. The standard InChI is InChI=1S/C17H18ClN5O2/c1-10-4-3-7-23-16(10)20-14(18)12(17(23)24)8-22(2)9-13-19-15(21-25-13)11-5-6-11/h3-4,7,11H,5-6,8-9H2,1-2H3. The summed E-state index contributed by atoms with van der Waals surface area (Å²) >= 11 is 6.28. The third-order valence-electron chi connectivity index (χ3n) is 4.35. The lowest BCUT2D eigenvalue weighted by molar-refractivity contribution is 0.259. The number of rotatable bonds is 5. The molecule has 0 radical (unpaired) electrons. The fraction of sp³-hybridized carbons (Fsp3) is 0.412. The molecule has 0 aliphatic heterocycles. The molecule has 0 atom stereocenters. The Kier molecular flexibility index (Phi) is 4.05. The van der Waals surface area contributed by atoms with Crippen LogP contribution in [0.2, 0.25) is 5.15 Å². The average Bonchev–Trinajstić information content (AvgIpc) is 3.33. The third-order valence-corrected chi connectivity index (χ3v) is 4.66. The molecule has 3 aromatic rings. The third kappa shape index (κ3) is 3.17. The summed E-state index contributed by atoms with van der Waals surface area (Å²) in [5, 5.41) is 4.24. The van der Waals surface area contributed by atoms with E-state index < -0.39 is 0 Å². The molecule has 7 nitrogen and oxygen atoms in total. The van der Waals surface area contributed by atoms with Gasteiger partial charge >= 0.3 is 0 Å². The van der Waals surface area contributed by atoms with Gasteiger partial charge in [0.05, 0.1) is 12.1 Å². The second kappa shape index (κ2) is 6.24. The van der Waals surface area contributed by atoms with E-state index in [4.69, 9.17) is 16.1 Å². The molecule has 25 heavy (non-hydrogen) atoms. The molecule has 1 saturated carbocycles. The summed E-state index contributed by atoms with van der Waals surface area (Å²) in [4.78, 5) is 23.5. The number of fused-ring (bicyclic) bond motifs is 1. The van der Waals surface area contributed by atoms with Crippen molar-refractivity contribution >= 4 is 17.2 Å². The Morgan fingerprint density at radius 3 is 2.92 bits per heavy atom. The van der Waals surface area contributed by atoms with E-state index in [0.29, 0.717) is 36.1 Å². The normalized spacial score (nSPS) is 14.6. The number of hydrogen-bond acceptors (Lipinski definition) is 6. The lowest BCUT2D eigenvalue weighted by atomic mass is 10.2. The topological polar surface area (TPSA) is 76.5 Å². The summed E-state index contributed by atoms with van der Waals surface area (Å²) in [6.45, 7) is 2.70. The molecule has 3 heterocycles. The summed E-state index contributed by atoms with van der Waals surface area (Å²) in [6, 6.07) is 3.72. The van der Waals surface area contributed by atoms with Gasteiger partial charge in [-0.2, -0.15) is 4.98 Å². The van der Waals surface area contributed by atoms with Crippen molar-refractivity contribution in [1.29, 1.82) is 0 Å². The molecule has 3 aromatic heterocycles. The van der Waals surface area contributed by atoms with Gasteiger partial charge in [-0.1, -0.05) is 22.8 Å². The highest BCUT2D eigenvalue weighted by Gasteiger charge is 2.29. The minimum absolute atomic E-state index is 0.158. The van der Waals surface area contributed by atoms with E-state index in [1.807, 2.05) is 31.0 Å². The second-order valence-electron chi connectivity index (χ2n) is 6.56. The molecule has 4 rings (SSSR count). The van der Waals surface area contributed by atoms with Crippen molar-refractivity contribution in [2.45, 2.75) is 38.8 Å². The van der Waals surface area contributed by atoms with Crippen molar-refractivity contribution in [3.63, 3.8) is 0 Å². The van der Waals surface area contributed by atoms with Gasteiger partial charge in [-0.25, -0.2) is 4.98 Å². The predicted octanol–water partition coefficient (Wildman–Crippen LogP) is 2.55. The van der Waals surface area contributed by atoms with Crippen LogP contribution in [-0.2, 0) is 13.1 Å². The van der Waals surface area contributed by atoms with Crippen LogP contribution >= 0.6 is 11.6 Å². The van der Waals surface area contributed by atoms with E-state index >= 15 is 0 Å². The van der Waals surface area contributed by atoms with Crippen LogP contribution in [0.3, 0.4) is 0 Å². The monoisotopic (exact) mass is 359 g/mol. The first kappa shape index (κ1) is 16.2. The Morgan fingerprint density at radius 2 is 2.16 bits per heavy atom. The number of nitrogens with zero attached hydrogens (tertiary/aromatic N) is 5. The van der Waals surface area contributed by atoms with Crippen LogP contribution in [0, 0.1) is 6.92 Å². The molecular weight excluding hydrogens is 342 g/mol. The maximum absolute atomic E-state index is 12.8. The molecule has 1 fully saturated rings. The molecule has 0 amide bonds. The number of pyridine rings is 1. The van der Waals surface area contributed by atoms with Gasteiger partial charge in [0.25, 0.3) is 5.56 Å². The highest BCUT2D eigenvalue weighted by atomic mass is 35.5. The maximum Gasteiger partial charge on any atom is 0.263 e. The number of halogens is 1. The van der Waals surface area contributed by atoms with Crippen LogP contribution in [0.5, 0.6) is 0 Å². The van der Waals surface area contributed by atoms with E-state index in [1.54, 1.807) is 6.20 Å². The van der Waals surface area contributed by atoms with Gasteiger partial charge in [0.2, 0.25) is 5.89 Å². The zero-order valence-corrected chi connectivity index (χ0v) is 14.8. The van der Waals surface area contributed by atoms with Crippen molar-refractivity contribution < 1.29 is 4.52 Å². The molecule has 0 spiro atoms. The van der Waals surface area contributed by atoms with Crippen LogP contribution < -0.4 is 5.56 Å². The quantitative estimate of drug-likeness (QED) is 0.651. The summed E-state index contributed by atoms with van der Waals surface area (Å²) in [5.74, 6) is 1.78. The lowest BCUT2D eigenvalue weighted by Gasteiger charge is -2.15. The Morgan fingerprint density at radius 1 is 1.36 bits per heavy atom. The number of aryl methyl sites for hydroxylation is 1. The number of aromatic nitrogens is 4. The SMILES string of the molecule is Cc1cccn2c(=O)c(CN(C)Cc3nc(C4CC4)no3)c(Cl)nc12. The molecule has 0 unspecified atom stereocenters. The zero-order chi connectivity index (χ0) is 17.6. The van der Waals surface area contributed by atoms with Crippen LogP contribution in [0.15, 0.2) is 27.6 Å². The molecule has 1 aliphatic carbocycles. The first-order chi connectivity index (χ1) is 12.0. The van der Waals surface area contributed by atoms with E-state index in [-0.39, 0.29) is 10.7 Å². The van der Waals surface area contributed by atoms with Gasteiger partial charge < -0.3 is 4.52 Å². The summed E-state index contributed by atoms with van der Waals surface area (Å²) < 4.78 is 6.82. The van der Waals surface area contributed by atoms with Crippen molar-refractivity contribution in [1.82, 2.24) is 24.4 Å². The van der Waals surface area contributed by atoms with Gasteiger partial charge in [0.1, 0.15) is 10.8 Å². The van der Waals surface area contributed by atoms with Gasteiger partial charge in [-0.05, 0) is 38.4 Å². The maximum atomic E-state index is 12.8. The van der Waals surface area contributed by atoms with Crippen LogP contribution in [0.25, 0.3) is 5.65 Å². The fourth-order valence-corrected chi connectivity index (χ4v) is 3.06. The largest absolute Gasteiger partial charge is 0.338 e. The Balaban J connectivity index is 1.57. The number of hydrogen-bond donors (Lipinski definition) is 0. The first-order valence-electron chi connectivity index (χ1n) is 8.20. The zero-order valence-electron chi connectivity index (χ0n) is 14.1. The van der Waals surface area contributed by atoms with Crippen LogP contribution in [-0.4, -0.2) is 31.5 Å². The predicted molar refractivity (Wildman–Crippen MR) is 92.7 cm³/mol. The highest BCUT2D eigenvalue weighted by molar-refractivity contribution is 6.30. The minimum Gasteiger partial charge on any atom is -0.338 e. The molecule has 0 N–H and O–H groups in total.